The summed E-state index contributed by atoms with van der Waals surface area (Å²) in [6.07, 6.45) is 6.59. The van der Waals surface area contributed by atoms with Crippen LogP contribution >= 0.6 is 11.6 Å². The molecule has 0 unspecified atom stereocenters. The van der Waals surface area contributed by atoms with Gasteiger partial charge < -0.3 is 4.74 Å². The van der Waals surface area contributed by atoms with Gasteiger partial charge in [-0.15, -0.1) is 11.6 Å². The molecule has 0 aliphatic heterocycles. The number of pyridine rings is 1. The van der Waals surface area contributed by atoms with E-state index in [1.807, 2.05) is 12.1 Å². The Labute approximate surface area is 96.6 Å². The summed E-state index contributed by atoms with van der Waals surface area (Å²) in [4.78, 5) is 4.12. The highest BCUT2D eigenvalue weighted by molar-refractivity contribution is 6.17. The molecular formula is C12H18ClNO. The van der Waals surface area contributed by atoms with Crippen molar-refractivity contribution < 1.29 is 4.74 Å². The quantitative estimate of drug-likeness (QED) is 0.523. The first-order valence-corrected chi connectivity index (χ1v) is 6.04. The Hall–Kier alpha value is -0.760. The molecule has 0 saturated carbocycles. The average molecular weight is 228 g/mol. The Kier molecular flexibility index (Phi) is 6.17. The molecule has 0 fully saturated rings. The molecular weight excluding hydrogens is 210 g/mol. The second-order valence-corrected chi connectivity index (χ2v) is 3.81. The van der Waals surface area contributed by atoms with E-state index in [2.05, 4.69) is 11.9 Å². The summed E-state index contributed by atoms with van der Waals surface area (Å²) >= 11 is 5.72. The van der Waals surface area contributed by atoms with E-state index in [4.69, 9.17) is 16.3 Å². The lowest BCUT2D eigenvalue weighted by Crippen LogP contribution is -1.99. The maximum Gasteiger partial charge on any atom is 0.213 e. The molecule has 1 rings (SSSR count). The highest BCUT2D eigenvalue weighted by atomic mass is 35.5. The van der Waals surface area contributed by atoms with Crippen molar-refractivity contribution in [2.75, 3.05) is 6.61 Å². The molecule has 0 N–H and O–H groups in total. The minimum atomic E-state index is 0.509. The van der Waals surface area contributed by atoms with E-state index in [1.54, 1.807) is 6.20 Å². The van der Waals surface area contributed by atoms with E-state index < -0.39 is 0 Å². The minimum absolute atomic E-state index is 0.509. The van der Waals surface area contributed by atoms with Crippen LogP contribution in [0.25, 0.3) is 0 Å². The minimum Gasteiger partial charge on any atom is -0.478 e. The fourth-order valence-electron chi connectivity index (χ4n) is 1.32. The Morgan fingerprint density at radius 2 is 2.20 bits per heavy atom. The predicted molar refractivity (Wildman–Crippen MR) is 63.4 cm³/mol. The summed E-state index contributed by atoms with van der Waals surface area (Å²) < 4.78 is 5.53. The van der Waals surface area contributed by atoms with Gasteiger partial charge in [-0.3, -0.25) is 0 Å². The number of halogens is 1. The second kappa shape index (κ2) is 7.52. The number of hydrogen-bond donors (Lipinski definition) is 0. The van der Waals surface area contributed by atoms with Crippen LogP contribution in [0.3, 0.4) is 0 Å². The molecule has 84 valence electrons. The number of ether oxygens (including phenoxy) is 1. The summed E-state index contributed by atoms with van der Waals surface area (Å²) in [5.41, 5.74) is 1.05. The first kappa shape index (κ1) is 12.3. The van der Waals surface area contributed by atoms with Crippen molar-refractivity contribution in [1.29, 1.82) is 0 Å². The van der Waals surface area contributed by atoms with Gasteiger partial charge in [-0.05, 0) is 18.1 Å². The third kappa shape index (κ3) is 5.03. The molecule has 1 aromatic rings. The molecule has 1 aromatic heterocycles. The van der Waals surface area contributed by atoms with E-state index >= 15 is 0 Å². The normalized spacial score (nSPS) is 10.3. The highest BCUT2D eigenvalue weighted by Gasteiger charge is 1.97. The van der Waals surface area contributed by atoms with Gasteiger partial charge in [-0.2, -0.15) is 0 Å². The first-order chi connectivity index (χ1) is 7.36. The van der Waals surface area contributed by atoms with Crippen LogP contribution in [0.1, 0.15) is 38.2 Å². The number of nitrogens with zero attached hydrogens (tertiary/aromatic N) is 1. The summed E-state index contributed by atoms with van der Waals surface area (Å²) in [5, 5.41) is 0. The van der Waals surface area contributed by atoms with Crippen LogP contribution in [0, 0.1) is 0 Å². The van der Waals surface area contributed by atoms with Crippen molar-refractivity contribution in [1.82, 2.24) is 4.98 Å². The maximum absolute atomic E-state index is 5.72. The monoisotopic (exact) mass is 227 g/mol. The van der Waals surface area contributed by atoms with Gasteiger partial charge in [0.1, 0.15) is 0 Å². The molecule has 0 radical (unpaired) electrons. The van der Waals surface area contributed by atoms with E-state index in [0.717, 1.165) is 18.6 Å². The number of unbranched alkanes of at least 4 members (excludes halogenated alkanes) is 3. The van der Waals surface area contributed by atoms with Gasteiger partial charge in [0.15, 0.2) is 0 Å². The van der Waals surface area contributed by atoms with Gasteiger partial charge in [-0.25, -0.2) is 4.98 Å². The highest BCUT2D eigenvalue weighted by Crippen LogP contribution is 2.11. The van der Waals surface area contributed by atoms with Crippen molar-refractivity contribution in [2.24, 2.45) is 0 Å². The zero-order valence-corrected chi connectivity index (χ0v) is 9.96. The zero-order chi connectivity index (χ0) is 10.9. The van der Waals surface area contributed by atoms with Gasteiger partial charge in [0.05, 0.1) is 6.61 Å². The van der Waals surface area contributed by atoms with E-state index in [9.17, 15) is 0 Å². The summed E-state index contributed by atoms with van der Waals surface area (Å²) in [6, 6.07) is 3.80. The molecule has 0 amide bonds. The van der Waals surface area contributed by atoms with Gasteiger partial charge in [0.2, 0.25) is 5.88 Å². The molecule has 0 aromatic carbocycles. The Balaban J connectivity index is 2.24. The van der Waals surface area contributed by atoms with Gasteiger partial charge >= 0.3 is 0 Å². The average Bonchev–Trinajstić information content (AvgIpc) is 2.29. The van der Waals surface area contributed by atoms with Gasteiger partial charge in [0.25, 0.3) is 0 Å². The second-order valence-electron chi connectivity index (χ2n) is 3.55. The van der Waals surface area contributed by atoms with Crippen molar-refractivity contribution in [2.45, 2.75) is 38.5 Å². The van der Waals surface area contributed by atoms with Crippen LogP contribution in [0.15, 0.2) is 18.3 Å². The van der Waals surface area contributed by atoms with Crippen LogP contribution in [0.2, 0.25) is 0 Å². The fourth-order valence-corrected chi connectivity index (χ4v) is 1.48. The SMILES string of the molecule is CCCCCCOc1cc(CCl)ccn1. The van der Waals surface area contributed by atoms with Crippen molar-refractivity contribution in [3.63, 3.8) is 0 Å². The molecule has 0 saturated heterocycles. The molecule has 0 bridgehead atoms. The van der Waals surface area contributed by atoms with Gasteiger partial charge in [-0.1, -0.05) is 26.2 Å². The van der Waals surface area contributed by atoms with Crippen LogP contribution in [0.5, 0.6) is 5.88 Å². The molecule has 3 heteroatoms. The van der Waals surface area contributed by atoms with E-state index in [1.165, 1.54) is 19.3 Å². The van der Waals surface area contributed by atoms with Crippen LogP contribution in [-0.2, 0) is 5.88 Å². The standard InChI is InChI=1S/C12H18ClNO/c1-2-3-4-5-8-15-12-9-11(10-13)6-7-14-12/h6-7,9H,2-5,8,10H2,1H3. The molecule has 1 heterocycles. The number of rotatable bonds is 7. The Morgan fingerprint density at radius 3 is 2.93 bits per heavy atom. The smallest absolute Gasteiger partial charge is 0.213 e. The molecule has 2 nitrogen and oxygen atoms in total. The topological polar surface area (TPSA) is 22.1 Å². The van der Waals surface area contributed by atoms with Crippen molar-refractivity contribution in [3.8, 4) is 5.88 Å². The summed E-state index contributed by atoms with van der Waals surface area (Å²) in [6.45, 7) is 2.95. The lowest BCUT2D eigenvalue weighted by Gasteiger charge is -2.05. The molecule has 0 aliphatic rings. The predicted octanol–water partition coefficient (Wildman–Crippen LogP) is 3.78. The lowest BCUT2D eigenvalue weighted by molar-refractivity contribution is 0.293. The van der Waals surface area contributed by atoms with Crippen molar-refractivity contribution >= 4 is 11.6 Å². The maximum atomic E-state index is 5.72. The van der Waals surface area contributed by atoms with E-state index in [0.29, 0.717) is 11.8 Å². The summed E-state index contributed by atoms with van der Waals surface area (Å²) in [5.74, 6) is 1.19. The lowest BCUT2D eigenvalue weighted by atomic mass is 10.2. The molecule has 0 atom stereocenters. The number of hydrogen-bond acceptors (Lipinski definition) is 2. The van der Waals surface area contributed by atoms with Crippen LogP contribution in [0.4, 0.5) is 0 Å². The zero-order valence-electron chi connectivity index (χ0n) is 9.21. The number of aromatic nitrogens is 1. The Bertz CT molecular complexity index is 278. The summed E-state index contributed by atoms with van der Waals surface area (Å²) in [7, 11) is 0. The third-order valence-corrected chi connectivity index (χ3v) is 2.51. The van der Waals surface area contributed by atoms with Crippen LogP contribution in [-0.4, -0.2) is 11.6 Å². The Morgan fingerprint density at radius 1 is 1.33 bits per heavy atom. The van der Waals surface area contributed by atoms with E-state index in [-0.39, 0.29) is 0 Å². The van der Waals surface area contributed by atoms with Crippen LogP contribution < -0.4 is 4.74 Å². The number of alkyl halides is 1. The van der Waals surface area contributed by atoms with Crippen molar-refractivity contribution in [3.05, 3.63) is 23.9 Å². The fraction of sp³-hybridized carbons (Fsp3) is 0.583. The first-order valence-electron chi connectivity index (χ1n) is 5.50. The molecule has 15 heavy (non-hydrogen) atoms. The molecule has 0 aliphatic carbocycles. The third-order valence-electron chi connectivity index (χ3n) is 2.20. The molecule has 0 spiro atoms. The van der Waals surface area contributed by atoms with Gasteiger partial charge in [0, 0.05) is 18.1 Å². The largest absolute Gasteiger partial charge is 0.478 e.